The van der Waals surface area contributed by atoms with Crippen molar-refractivity contribution in [3.8, 4) is 0 Å². The molecule has 0 spiro atoms. The smallest absolute Gasteiger partial charge is 0.222 e. The largest absolute Gasteiger partial charge is 0.382 e. The van der Waals surface area contributed by atoms with Gasteiger partial charge in [0.1, 0.15) is 0 Å². The minimum absolute atomic E-state index is 0.0220. The SMILES string of the molecule is CCCCNC(=O)CCOCCOCCOCCOCCOCCOCCOCCOCCOCCOCCOCCOCCOCCOCCOCCOCCOCCOCCOCCOCCOCCOCCOCCOC. The van der Waals surface area contributed by atoms with Crippen molar-refractivity contribution in [1.29, 1.82) is 0 Å². The zero-order valence-corrected chi connectivity index (χ0v) is 49.3. The summed E-state index contributed by atoms with van der Waals surface area (Å²) in [6.07, 6.45) is 2.42. The Morgan fingerprint density at radius 3 is 0.500 bits per heavy atom. The molecule has 0 saturated heterocycles. The average molecular weight is 1170 g/mol. The molecular formula is C54H109NO25. The van der Waals surface area contributed by atoms with Gasteiger partial charge in [0, 0.05) is 20.1 Å². The summed E-state index contributed by atoms with van der Waals surface area (Å²) in [5.74, 6) is 0.0220. The van der Waals surface area contributed by atoms with Crippen molar-refractivity contribution in [2.45, 2.75) is 26.2 Å². The van der Waals surface area contributed by atoms with Crippen LogP contribution in [0.4, 0.5) is 0 Å². The Hall–Kier alpha value is -1.49. The Balaban J connectivity index is 3.09. The highest BCUT2D eigenvalue weighted by Gasteiger charge is 2.02. The van der Waals surface area contributed by atoms with Crippen LogP contribution in [0.25, 0.3) is 0 Å². The maximum Gasteiger partial charge on any atom is 0.222 e. The van der Waals surface area contributed by atoms with Gasteiger partial charge in [0.2, 0.25) is 5.91 Å². The van der Waals surface area contributed by atoms with Gasteiger partial charge in [0.15, 0.2) is 0 Å². The van der Waals surface area contributed by atoms with Crippen LogP contribution in [-0.2, 0) is 118 Å². The first-order chi connectivity index (χ1) is 39.8. The van der Waals surface area contributed by atoms with Crippen molar-refractivity contribution in [3.05, 3.63) is 0 Å². The van der Waals surface area contributed by atoms with Gasteiger partial charge in [-0.15, -0.1) is 0 Å². The molecule has 0 unspecified atom stereocenters. The minimum Gasteiger partial charge on any atom is -0.382 e. The number of amides is 1. The molecule has 0 aliphatic rings. The van der Waals surface area contributed by atoms with Crippen molar-refractivity contribution < 1.29 is 118 Å². The molecule has 480 valence electrons. The summed E-state index contributed by atoms with van der Waals surface area (Å²) in [6.45, 7) is 26.0. The molecule has 0 aromatic carbocycles. The molecule has 1 amide bonds. The topological polar surface area (TPSA) is 251 Å². The van der Waals surface area contributed by atoms with Gasteiger partial charge < -0.3 is 119 Å². The predicted octanol–water partition coefficient (Wildman–Crippen LogP) is 1.32. The Morgan fingerprint density at radius 1 is 0.225 bits per heavy atom. The average Bonchev–Trinajstić information content (AvgIpc) is 3.46. The molecular weight excluding hydrogens is 1060 g/mol. The lowest BCUT2D eigenvalue weighted by molar-refractivity contribution is -0.122. The Morgan fingerprint density at radius 2 is 0.362 bits per heavy atom. The summed E-state index contributed by atoms with van der Waals surface area (Å²) in [5.41, 5.74) is 0. The highest BCUT2D eigenvalue weighted by molar-refractivity contribution is 5.75. The molecule has 0 aromatic heterocycles. The fourth-order valence-corrected chi connectivity index (χ4v) is 5.74. The summed E-state index contributed by atoms with van der Waals surface area (Å²) in [4.78, 5) is 11.6. The van der Waals surface area contributed by atoms with Crippen LogP contribution in [0.3, 0.4) is 0 Å². The molecule has 80 heavy (non-hydrogen) atoms. The summed E-state index contributed by atoms with van der Waals surface area (Å²) in [7, 11) is 1.64. The summed E-state index contributed by atoms with van der Waals surface area (Å²) in [6, 6.07) is 0. The molecule has 1 N–H and O–H groups in total. The van der Waals surface area contributed by atoms with E-state index in [0.717, 1.165) is 19.4 Å². The zero-order chi connectivity index (χ0) is 57.3. The van der Waals surface area contributed by atoms with E-state index in [1.807, 2.05) is 0 Å². The van der Waals surface area contributed by atoms with Crippen LogP contribution < -0.4 is 5.32 Å². The second-order valence-electron chi connectivity index (χ2n) is 16.5. The lowest BCUT2D eigenvalue weighted by Crippen LogP contribution is -2.25. The number of carbonyl (C=O) groups excluding carboxylic acids is 1. The second-order valence-corrected chi connectivity index (χ2v) is 16.5. The Bertz CT molecular complexity index is 1120. The number of methoxy groups -OCH3 is 1. The molecule has 0 aromatic rings. The molecule has 0 aliphatic heterocycles. The molecule has 0 heterocycles. The molecule has 0 rings (SSSR count). The first kappa shape index (κ1) is 78.5. The summed E-state index contributed by atoms with van der Waals surface area (Å²) >= 11 is 0. The van der Waals surface area contributed by atoms with E-state index in [1.165, 1.54) is 0 Å². The van der Waals surface area contributed by atoms with E-state index in [9.17, 15) is 4.79 Å². The van der Waals surface area contributed by atoms with E-state index in [2.05, 4.69) is 12.2 Å². The Kier molecular flexibility index (Phi) is 74.1. The lowest BCUT2D eigenvalue weighted by Gasteiger charge is -2.09. The van der Waals surface area contributed by atoms with Gasteiger partial charge in [-0.2, -0.15) is 0 Å². The van der Waals surface area contributed by atoms with Crippen molar-refractivity contribution >= 4 is 5.91 Å². The first-order valence-electron chi connectivity index (χ1n) is 28.8. The van der Waals surface area contributed by atoms with E-state index in [4.69, 9.17) is 114 Å². The molecule has 0 fully saturated rings. The minimum atomic E-state index is 0.0220. The lowest BCUT2D eigenvalue weighted by atomic mass is 10.3. The van der Waals surface area contributed by atoms with Crippen molar-refractivity contribution in [2.75, 3.05) is 324 Å². The fourth-order valence-electron chi connectivity index (χ4n) is 5.74. The van der Waals surface area contributed by atoms with E-state index in [0.29, 0.717) is 317 Å². The molecule has 0 radical (unpaired) electrons. The number of unbranched alkanes of at least 4 members (excludes halogenated alkanes) is 1. The molecule has 0 aliphatic carbocycles. The van der Waals surface area contributed by atoms with Gasteiger partial charge in [-0.05, 0) is 6.42 Å². The van der Waals surface area contributed by atoms with Crippen LogP contribution in [0.1, 0.15) is 26.2 Å². The van der Waals surface area contributed by atoms with Crippen molar-refractivity contribution in [2.24, 2.45) is 0 Å². The quantitative estimate of drug-likeness (QED) is 0.0844. The molecule has 26 heteroatoms. The predicted molar refractivity (Wildman–Crippen MR) is 293 cm³/mol. The van der Waals surface area contributed by atoms with E-state index < -0.39 is 0 Å². The maximum atomic E-state index is 11.6. The van der Waals surface area contributed by atoms with Crippen LogP contribution in [-0.4, -0.2) is 330 Å². The number of hydrogen-bond donors (Lipinski definition) is 1. The highest BCUT2D eigenvalue weighted by Crippen LogP contribution is 1.92. The highest BCUT2D eigenvalue weighted by atomic mass is 16.6. The summed E-state index contributed by atoms with van der Waals surface area (Å²) in [5, 5.41) is 2.86. The number of carbonyl (C=O) groups is 1. The third kappa shape index (κ3) is 74.5. The first-order valence-corrected chi connectivity index (χ1v) is 28.8. The van der Waals surface area contributed by atoms with Gasteiger partial charge in [0.05, 0.1) is 311 Å². The van der Waals surface area contributed by atoms with Crippen LogP contribution >= 0.6 is 0 Å². The van der Waals surface area contributed by atoms with Crippen LogP contribution in [0.2, 0.25) is 0 Å². The third-order valence-electron chi connectivity index (χ3n) is 9.94. The maximum absolute atomic E-state index is 11.6. The van der Waals surface area contributed by atoms with Gasteiger partial charge >= 0.3 is 0 Å². The van der Waals surface area contributed by atoms with E-state index in [1.54, 1.807) is 7.11 Å². The van der Waals surface area contributed by atoms with E-state index >= 15 is 0 Å². The normalized spacial score (nSPS) is 11.7. The summed E-state index contributed by atoms with van der Waals surface area (Å²) < 4.78 is 131. The monoisotopic (exact) mass is 1170 g/mol. The number of rotatable bonds is 75. The van der Waals surface area contributed by atoms with Crippen molar-refractivity contribution in [3.63, 3.8) is 0 Å². The van der Waals surface area contributed by atoms with Crippen LogP contribution in [0, 0.1) is 0 Å². The van der Waals surface area contributed by atoms with Gasteiger partial charge in [-0.3, -0.25) is 4.79 Å². The van der Waals surface area contributed by atoms with Crippen molar-refractivity contribution in [1.82, 2.24) is 5.32 Å². The molecule has 0 bridgehead atoms. The molecule has 0 atom stereocenters. The number of ether oxygens (including phenoxy) is 24. The Labute approximate surface area is 479 Å². The van der Waals surface area contributed by atoms with Gasteiger partial charge in [0.25, 0.3) is 0 Å². The number of nitrogens with one attached hydrogen (secondary N) is 1. The van der Waals surface area contributed by atoms with Gasteiger partial charge in [-0.1, -0.05) is 13.3 Å². The van der Waals surface area contributed by atoms with Crippen LogP contribution in [0.5, 0.6) is 0 Å². The molecule has 0 saturated carbocycles. The van der Waals surface area contributed by atoms with Crippen LogP contribution in [0.15, 0.2) is 0 Å². The molecule has 26 nitrogen and oxygen atoms in total. The fraction of sp³-hybridized carbons (Fsp3) is 0.981. The second kappa shape index (κ2) is 75.5. The number of hydrogen-bond acceptors (Lipinski definition) is 25. The van der Waals surface area contributed by atoms with Gasteiger partial charge in [-0.25, -0.2) is 0 Å². The van der Waals surface area contributed by atoms with E-state index in [-0.39, 0.29) is 5.91 Å². The third-order valence-corrected chi connectivity index (χ3v) is 9.94. The zero-order valence-electron chi connectivity index (χ0n) is 49.3. The standard InChI is InChI=1S/C54H109NO25/c1-3-4-6-55-54(56)5-7-58-10-11-60-14-15-62-18-19-64-22-23-66-26-27-68-30-31-70-34-35-72-38-39-74-42-43-76-46-47-78-50-51-80-53-52-79-49-48-77-45-44-75-41-40-73-37-36-71-33-32-69-29-28-67-25-24-65-21-20-63-17-16-61-13-12-59-9-8-57-2/h3-53H2,1-2H3,(H,55,56).